The van der Waals surface area contributed by atoms with Crippen molar-refractivity contribution in [1.82, 2.24) is 14.6 Å². The number of hydrogen-bond acceptors (Lipinski definition) is 4. The monoisotopic (exact) mass is 250 g/mol. The fourth-order valence-electron chi connectivity index (χ4n) is 1.74. The highest BCUT2D eigenvalue weighted by Crippen LogP contribution is 2.13. The number of anilines is 1. The van der Waals surface area contributed by atoms with E-state index >= 15 is 0 Å². The Morgan fingerprint density at radius 1 is 1.29 bits per heavy atom. The van der Waals surface area contributed by atoms with Gasteiger partial charge in [0.05, 0.1) is 5.69 Å². The highest BCUT2D eigenvalue weighted by Gasteiger charge is 2.05. The SMILES string of the molecule is CCSCCNc1cc(C)nc2cc(C)nn12. The maximum absolute atomic E-state index is 4.46. The molecule has 2 aromatic heterocycles. The number of thioether (sulfide) groups is 1. The van der Waals surface area contributed by atoms with Crippen molar-refractivity contribution in [3.05, 3.63) is 23.5 Å². The van der Waals surface area contributed by atoms with Crippen LogP contribution in [0.25, 0.3) is 5.65 Å². The summed E-state index contributed by atoms with van der Waals surface area (Å²) in [5.74, 6) is 3.30. The van der Waals surface area contributed by atoms with Crippen molar-refractivity contribution in [1.29, 1.82) is 0 Å². The number of aromatic nitrogens is 3. The van der Waals surface area contributed by atoms with E-state index in [0.717, 1.165) is 40.9 Å². The van der Waals surface area contributed by atoms with E-state index in [0.29, 0.717) is 0 Å². The van der Waals surface area contributed by atoms with Crippen LogP contribution in [0.15, 0.2) is 12.1 Å². The van der Waals surface area contributed by atoms with Gasteiger partial charge in [0.25, 0.3) is 0 Å². The molecule has 0 aliphatic rings. The molecule has 0 aromatic carbocycles. The zero-order valence-corrected chi connectivity index (χ0v) is 11.3. The molecule has 0 unspecified atom stereocenters. The molecule has 2 aromatic rings. The van der Waals surface area contributed by atoms with Crippen molar-refractivity contribution in [2.24, 2.45) is 0 Å². The Morgan fingerprint density at radius 3 is 2.88 bits per heavy atom. The van der Waals surface area contributed by atoms with E-state index in [1.165, 1.54) is 0 Å². The van der Waals surface area contributed by atoms with Gasteiger partial charge in [-0.25, -0.2) is 4.98 Å². The van der Waals surface area contributed by atoms with E-state index in [1.807, 2.05) is 42.3 Å². The van der Waals surface area contributed by atoms with Gasteiger partial charge >= 0.3 is 0 Å². The molecule has 0 atom stereocenters. The van der Waals surface area contributed by atoms with Crippen molar-refractivity contribution >= 4 is 23.2 Å². The summed E-state index contributed by atoms with van der Waals surface area (Å²) in [6.45, 7) is 7.13. The van der Waals surface area contributed by atoms with Crippen LogP contribution in [0, 0.1) is 13.8 Å². The van der Waals surface area contributed by atoms with Gasteiger partial charge in [0.1, 0.15) is 5.82 Å². The number of rotatable bonds is 5. The van der Waals surface area contributed by atoms with Crippen LogP contribution in [0.5, 0.6) is 0 Å². The van der Waals surface area contributed by atoms with Crippen LogP contribution in [0.1, 0.15) is 18.3 Å². The first-order valence-electron chi connectivity index (χ1n) is 5.86. The maximum atomic E-state index is 4.46. The zero-order chi connectivity index (χ0) is 12.3. The topological polar surface area (TPSA) is 42.2 Å². The molecule has 2 rings (SSSR count). The van der Waals surface area contributed by atoms with Gasteiger partial charge in [0.15, 0.2) is 5.65 Å². The highest BCUT2D eigenvalue weighted by molar-refractivity contribution is 7.99. The van der Waals surface area contributed by atoms with Gasteiger partial charge in [0.2, 0.25) is 0 Å². The molecule has 5 heteroatoms. The molecule has 4 nitrogen and oxygen atoms in total. The van der Waals surface area contributed by atoms with E-state index in [2.05, 4.69) is 22.3 Å². The number of aryl methyl sites for hydroxylation is 2. The molecule has 1 N–H and O–H groups in total. The molecule has 0 saturated carbocycles. The summed E-state index contributed by atoms with van der Waals surface area (Å²) in [5.41, 5.74) is 2.92. The lowest BCUT2D eigenvalue weighted by atomic mass is 10.4. The van der Waals surface area contributed by atoms with Gasteiger partial charge < -0.3 is 5.32 Å². The average Bonchev–Trinajstić information content (AvgIpc) is 2.64. The molecule has 0 fully saturated rings. The minimum absolute atomic E-state index is 0.910. The predicted octanol–water partition coefficient (Wildman–Crippen LogP) is 2.51. The second-order valence-electron chi connectivity index (χ2n) is 3.96. The van der Waals surface area contributed by atoms with E-state index in [-0.39, 0.29) is 0 Å². The molecule has 0 bridgehead atoms. The standard InChI is InChI=1S/C12H18N4S/c1-4-17-6-5-13-11-7-9(2)14-12-8-10(3)15-16(11)12/h7-8,13H,4-6H2,1-3H3. The minimum atomic E-state index is 0.910. The van der Waals surface area contributed by atoms with Crippen LogP contribution in [-0.2, 0) is 0 Å². The molecule has 0 saturated heterocycles. The summed E-state index contributed by atoms with van der Waals surface area (Å²) in [4.78, 5) is 4.46. The van der Waals surface area contributed by atoms with Crippen LogP contribution < -0.4 is 5.32 Å². The Bertz CT molecular complexity index is 506. The van der Waals surface area contributed by atoms with Crippen molar-refractivity contribution in [3.8, 4) is 0 Å². The lowest BCUT2D eigenvalue weighted by molar-refractivity contribution is 0.906. The molecule has 17 heavy (non-hydrogen) atoms. The molecule has 2 heterocycles. The van der Waals surface area contributed by atoms with Crippen molar-refractivity contribution < 1.29 is 0 Å². The third-order valence-corrected chi connectivity index (χ3v) is 3.34. The Labute approximate surface area is 106 Å². The summed E-state index contributed by atoms with van der Waals surface area (Å²) in [7, 11) is 0. The molecular weight excluding hydrogens is 232 g/mol. The lowest BCUT2D eigenvalue weighted by Crippen LogP contribution is -2.09. The van der Waals surface area contributed by atoms with Gasteiger partial charge in [-0.1, -0.05) is 6.92 Å². The molecule has 0 radical (unpaired) electrons. The fraction of sp³-hybridized carbons (Fsp3) is 0.500. The number of fused-ring (bicyclic) bond motifs is 1. The zero-order valence-electron chi connectivity index (χ0n) is 10.5. The van der Waals surface area contributed by atoms with Gasteiger partial charge in [-0.3, -0.25) is 0 Å². The summed E-state index contributed by atoms with van der Waals surface area (Å²) in [6.07, 6.45) is 0. The first-order valence-corrected chi connectivity index (χ1v) is 7.02. The average molecular weight is 250 g/mol. The second kappa shape index (κ2) is 5.40. The first-order chi connectivity index (χ1) is 8.20. The van der Waals surface area contributed by atoms with E-state index < -0.39 is 0 Å². The summed E-state index contributed by atoms with van der Waals surface area (Å²) in [5, 5.41) is 7.85. The van der Waals surface area contributed by atoms with Crippen molar-refractivity contribution in [2.75, 3.05) is 23.4 Å². The number of nitrogens with zero attached hydrogens (tertiary/aromatic N) is 3. The predicted molar refractivity (Wildman–Crippen MR) is 73.9 cm³/mol. The molecule has 0 spiro atoms. The van der Waals surface area contributed by atoms with Crippen LogP contribution >= 0.6 is 11.8 Å². The van der Waals surface area contributed by atoms with E-state index in [9.17, 15) is 0 Å². The second-order valence-corrected chi connectivity index (χ2v) is 5.36. The maximum Gasteiger partial charge on any atom is 0.157 e. The Balaban J connectivity index is 2.19. The van der Waals surface area contributed by atoms with Gasteiger partial charge in [0, 0.05) is 30.1 Å². The number of nitrogens with one attached hydrogen (secondary N) is 1. The molecule has 0 amide bonds. The third kappa shape index (κ3) is 2.91. The van der Waals surface area contributed by atoms with Gasteiger partial charge in [-0.2, -0.15) is 21.4 Å². The van der Waals surface area contributed by atoms with E-state index in [1.54, 1.807) is 0 Å². The highest BCUT2D eigenvalue weighted by atomic mass is 32.2. The Kier molecular flexibility index (Phi) is 3.89. The van der Waals surface area contributed by atoms with Gasteiger partial charge in [-0.15, -0.1) is 0 Å². The molecule has 0 aliphatic carbocycles. The number of hydrogen-bond donors (Lipinski definition) is 1. The summed E-state index contributed by atoms with van der Waals surface area (Å²) < 4.78 is 1.87. The molecular formula is C12H18N4S. The normalized spacial score (nSPS) is 11.0. The first kappa shape index (κ1) is 12.2. The van der Waals surface area contributed by atoms with Crippen molar-refractivity contribution in [3.63, 3.8) is 0 Å². The summed E-state index contributed by atoms with van der Waals surface area (Å²) >= 11 is 1.93. The Morgan fingerprint density at radius 2 is 2.12 bits per heavy atom. The quantitative estimate of drug-likeness (QED) is 0.828. The minimum Gasteiger partial charge on any atom is -0.369 e. The largest absolute Gasteiger partial charge is 0.369 e. The molecule has 0 aliphatic heterocycles. The van der Waals surface area contributed by atoms with E-state index in [4.69, 9.17) is 0 Å². The van der Waals surface area contributed by atoms with Crippen LogP contribution in [0.3, 0.4) is 0 Å². The van der Waals surface area contributed by atoms with Crippen LogP contribution in [0.2, 0.25) is 0 Å². The van der Waals surface area contributed by atoms with Crippen LogP contribution in [0.4, 0.5) is 5.82 Å². The third-order valence-electron chi connectivity index (χ3n) is 2.43. The van der Waals surface area contributed by atoms with Gasteiger partial charge in [-0.05, 0) is 19.6 Å². The summed E-state index contributed by atoms with van der Waals surface area (Å²) in [6, 6.07) is 4.04. The Hall–Kier alpha value is -1.23. The lowest BCUT2D eigenvalue weighted by Gasteiger charge is -2.08. The smallest absolute Gasteiger partial charge is 0.157 e. The fourth-order valence-corrected chi connectivity index (χ4v) is 2.27. The van der Waals surface area contributed by atoms with Crippen LogP contribution in [-0.4, -0.2) is 32.6 Å². The van der Waals surface area contributed by atoms with Crippen molar-refractivity contribution in [2.45, 2.75) is 20.8 Å². The molecule has 92 valence electrons.